The first kappa shape index (κ1) is 23.0. The Morgan fingerprint density at radius 2 is 1.70 bits per heavy atom. The van der Waals surface area contributed by atoms with Crippen LogP contribution in [0.2, 0.25) is 18.1 Å². The first-order chi connectivity index (χ1) is 13.9. The molecule has 166 valence electrons. The van der Waals surface area contributed by atoms with Gasteiger partial charge in [0.15, 0.2) is 14.4 Å². The molecule has 0 radical (unpaired) electrons. The van der Waals surface area contributed by atoms with E-state index in [0.29, 0.717) is 13.2 Å². The molecular formula is C23H36N2O4Si. The van der Waals surface area contributed by atoms with E-state index >= 15 is 0 Å². The van der Waals surface area contributed by atoms with Crippen LogP contribution in [0.1, 0.15) is 40.2 Å². The normalized spacial score (nSPS) is 27.4. The highest BCUT2D eigenvalue weighted by Crippen LogP contribution is 2.40. The molecule has 1 aromatic rings. The highest BCUT2D eigenvalue weighted by molar-refractivity contribution is 6.74. The van der Waals surface area contributed by atoms with Gasteiger partial charge in [0.05, 0.1) is 18.7 Å². The average Bonchev–Trinajstić information content (AvgIpc) is 2.66. The van der Waals surface area contributed by atoms with Crippen molar-refractivity contribution in [2.75, 3.05) is 6.61 Å². The molecule has 2 amide bonds. The quantitative estimate of drug-likeness (QED) is 0.554. The molecule has 0 unspecified atom stereocenters. The second kappa shape index (κ2) is 8.09. The molecule has 7 heteroatoms. The van der Waals surface area contributed by atoms with Crippen molar-refractivity contribution in [1.29, 1.82) is 0 Å². The van der Waals surface area contributed by atoms with Crippen LogP contribution in [-0.4, -0.2) is 65.9 Å². The molecule has 30 heavy (non-hydrogen) atoms. The fourth-order valence-electron chi connectivity index (χ4n) is 4.22. The Labute approximate surface area is 181 Å². The van der Waals surface area contributed by atoms with Crippen molar-refractivity contribution < 1.29 is 19.1 Å². The van der Waals surface area contributed by atoms with Crippen molar-refractivity contribution in [1.82, 2.24) is 9.80 Å². The Balaban J connectivity index is 1.95. The van der Waals surface area contributed by atoms with Crippen molar-refractivity contribution >= 4 is 20.1 Å². The molecule has 1 aromatic carbocycles. The number of piperazine rings is 1. The van der Waals surface area contributed by atoms with Crippen molar-refractivity contribution in [3.05, 3.63) is 35.9 Å². The lowest BCUT2D eigenvalue weighted by atomic mass is 9.81. The highest BCUT2D eigenvalue weighted by atomic mass is 28.4. The van der Waals surface area contributed by atoms with E-state index < -0.39 is 20.5 Å². The van der Waals surface area contributed by atoms with Crippen molar-refractivity contribution in [2.45, 2.75) is 83.5 Å². The second-order valence-electron chi connectivity index (χ2n) is 10.5. The van der Waals surface area contributed by atoms with Gasteiger partial charge in [-0.05, 0) is 29.6 Å². The summed E-state index contributed by atoms with van der Waals surface area (Å²) >= 11 is 0. The lowest BCUT2D eigenvalue weighted by Crippen LogP contribution is -2.81. The number of carbonyl (C=O) groups is 2. The van der Waals surface area contributed by atoms with Gasteiger partial charge in [-0.2, -0.15) is 0 Å². The lowest BCUT2D eigenvalue weighted by Gasteiger charge is -2.59. The van der Waals surface area contributed by atoms with Crippen LogP contribution >= 0.6 is 0 Å². The monoisotopic (exact) mass is 432 g/mol. The van der Waals surface area contributed by atoms with E-state index in [4.69, 9.17) is 4.43 Å². The molecule has 0 spiro atoms. The third-order valence-electron chi connectivity index (χ3n) is 7.06. The van der Waals surface area contributed by atoms with Crippen LogP contribution in [0.5, 0.6) is 0 Å². The summed E-state index contributed by atoms with van der Waals surface area (Å²) in [5.41, 5.74) is 1.03. The zero-order valence-corrected chi connectivity index (χ0v) is 20.3. The molecule has 6 nitrogen and oxygen atoms in total. The van der Waals surface area contributed by atoms with Crippen LogP contribution in [0.3, 0.4) is 0 Å². The topological polar surface area (TPSA) is 70.1 Å². The van der Waals surface area contributed by atoms with Crippen LogP contribution in [0, 0.1) is 5.92 Å². The summed E-state index contributed by atoms with van der Waals surface area (Å²) in [4.78, 5) is 29.3. The van der Waals surface area contributed by atoms with Crippen LogP contribution in [0.4, 0.5) is 0 Å². The molecule has 1 N–H and O–H groups in total. The van der Waals surface area contributed by atoms with E-state index in [0.717, 1.165) is 5.56 Å². The minimum absolute atomic E-state index is 0.0502. The van der Waals surface area contributed by atoms with E-state index in [1.807, 2.05) is 35.2 Å². The maximum atomic E-state index is 13.4. The van der Waals surface area contributed by atoms with Gasteiger partial charge in [0.1, 0.15) is 6.04 Å². The van der Waals surface area contributed by atoms with Gasteiger partial charge in [-0.1, -0.05) is 65.0 Å². The number of rotatable bonds is 6. The molecule has 2 fully saturated rings. The molecule has 0 bridgehead atoms. The smallest absolute Gasteiger partial charge is 0.255 e. The molecule has 2 aliphatic heterocycles. The minimum Gasteiger partial charge on any atom is -0.415 e. The lowest BCUT2D eigenvalue weighted by molar-refractivity contribution is -0.199. The predicted octanol–water partition coefficient (Wildman–Crippen LogP) is 3.02. The molecule has 0 saturated carbocycles. The van der Waals surface area contributed by atoms with Crippen molar-refractivity contribution in [2.24, 2.45) is 5.92 Å². The Hall–Kier alpha value is -1.70. The van der Waals surface area contributed by atoms with E-state index in [1.54, 1.807) is 4.90 Å². The van der Waals surface area contributed by atoms with Gasteiger partial charge in [-0.3, -0.25) is 9.59 Å². The van der Waals surface area contributed by atoms with Crippen LogP contribution in [-0.2, 0) is 20.6 Å². The summed E-state index contributed by atoms with van der Waals surface area (Å²) in [6, 6.07) is 8.65. The molecule has 2 heterocycles. The summed E-state index contributed by atoms with van der Waals surface area (Å²) in [5.74, 6) is -0.404. The van der Waals surface area contributed by atoms with Crippen LogP contribution < -0.4 is 0 Å². The zero-order chi connectivity index (χ0) is 22.4. The van der Waals surface area contributed by atoms with Gasteiger partial charge < -0.3 is 19.3 Å². The zero-order valence-electron chi connectivity index (χ0n) is 19.3. The predicted molar refractivity (Wildman–Crippen MR) is 119 cm³/mol. The van der Waals surface area contributed by atoms with Crippen molar-refractivity contribution in [3.63, 3.8) is 0 Å². The molecule has 0 aromatic heterocycles. The number of nitrogens with zero attached hydrogens (tertiary/aromatic N) is 2. The van der Waals surface area contributed by atoms with Gasteiger partial charge in [0, 0.05) is 6.54 Å². The van der Waals surface area contributed by atoms with Crippen LogP contribution in [0.15, 0.2) is 30.3 Å². The Morgan fingerprint density at radius 3 is 2.23 bits per heavy atom. The summed E-state index contributed by atoms with van der Waals surface area (Å²) in [6.07, 6.45) is -1.24. The van der Waals surface area contributed by atoms with E-state index in [2.05, 4.69) is 47.7 Å². The van der Waals surface area contributed by atoms with E-state index in [-0.39, 0.29) is 34.9 Å². The number of amides is 2. The highest BCUT2D eigenvalue weighted by Gasteiger charge is 2.61. The Kier molecular flexibility index (Phi) is 6.20. The number of β-lactam (4-membered cyclic amide) rings is 1. The number of aliphatic hydroxyl groups is 1. The van der Waals surface area contributed by atoms with Crippen molar-refractivity contribution in [3.8, 4) is 0 Å². The molecule has 0 aliphatic carbocycles. The minimum atomic E-state index is -2.04. The number of hydrogen-bond acceptors (Lipinski definition) is 4. The van der Waals surface area contributed by atoms with Gasteiger partial charge in [0.25, 0.3) is 5.91 Å². The average molecular weight is 433 g/mol. The second-order valence-corrected chi connectivity index (χ2v) is 15.3. The summed E-state index contributed by atoms with van der Waals surface area (Å²) in [5, 5.41) is 10.3. The fourth-order valence-corrected chi connectivity index (χ4v) is 5.24. The number of benzene rings is 1. The van der Waals surface area contributed by atoms with E-state index in [9.17, 15) is 14.7 Å². The van der Waals surface area contributed by atoms with E-state index in [1.165, 1.54) is 0 Å². The standard InChI is InChI=1S/C23H36N2O4Si/c1-15(2)18-17(14-29-30(6,7)23(3,4)5)24(13-16-11-9-8-10-12-16)21(27)19-20(26)22(28)25(18)19/h8-12,15,17-20,26H,13-14H2,1-7H3/t17-,18-,19-,20+/m1/s1. The largest absolute Gasteiger partial charge is 0.415 e. The summed E-state index contributed by atoms with van der Waals surface area (Å²) in [7, 11) is -2.04. The van der Waals surface area contributed by atoms with Gasteiger partial charge >= 0.3 is 0 Å². The number of hydrogen-bond donors (Lipinski definition) is 1. The van der Waals surface area contributed by atoms with Gasteiger partial charge in [-0.15, -0.1) is 0 Å². The molecular weight excluding hydrogens is 396 g/mol. The number of fused-ring (bicyclic) bond motifs is 1. The first-order valence-corrected chi connectivity index (χ1v) is 13.8. The third-order valence-corrected chi connectivity index (χ3v) is 11.6. The molecule has 2 saturated heterocycles. The van der Waals surface area contributed by atoms with Gasteiger partial charge in [0.2, 0.25) is 5.91 Å². The SMILES string of the molecule is CC(C)[C@@H]1[C@@H](CO[Si](C)(C)C(C)(C)C)N(Cc2ccccc2)C(=O)[C@H]2[C@H](O)C(=O)N12. The first-order valence-electron chi connectivity index (χ1n) is 10.9. The summed E-state index contributed by atoms with van der Waals surface area (Å²) < 4.78 is 6.54. The molecule has 3 rings (SSSR count). The fraction of sp³-hybridized carbons (Fsp3) is 0.652. The Morgan fingerprint density at radius 1 is 1.10 bits per heavy atom. The number of carbonyl (C=O) groups excluding carboxylic acids is 2. The molecule has 4 atom stereocenters. The maximum Gasteiger partial charge on any atom is 0.255 e. The molecule has 2 aliphatic rings. The maximum absolute atomic E-state index is 13.4. The van der Waals surface area contributed by atoms with Crippen LogP contribution in [0.25, 0.3) is 0 Å². The summed E-state index contributed by atoms with van der Waals surface area (Å²) in [6.45, 7) is 15.9. The third kappa shape index (κ3) is 3.95. The Bertz CT molecular complexity index is 790. The number of aliphatic hydroxyl groups excluding tert-OH is 1. The van der Waals surface area contributed by atoms with Gasteiger partial charge in [-0.25, -0.2) is 0 Å².